The van der Waals surface area contributed by atoms with E-state index < -0.39 is 0 Å². The first-order valence-electron chi connectivity index (χ1n) is 6.79. The summed E-state index contributed by atoms with van der Waals surface area (Å²) in [6.07, 6.45) is 1.72. The Labute approximate surface area is 143 Å². The number of phenols is 1. The Kier molecular flexibility index (Phi) is 4.36. The van der Waals surface area contributed by atoms with Gasteiger partial charge in [-0.3, -0.25) is 9.69 Å². The van der Waals surface area contributed by atoms with Gasteiger partial charge in [0.15, 0.2) is 4.32 Å². The van der Waals surface area contributed by atoms with Gasteiger partial charge < -0.3 is 9.84 Å². The number of ether oxygens (including phenoxy) is 1. The van der Waals surface area contributed by atoms with E-state index in [1.165, 1.54) is 16.7 Å². The van der Waals surface area contributed by atoms with Crippen molar-refractivity contribution in [2.24, 2.45) is 0 Å². The number of rotatable bonds is 3. The fourth-order valence-electron chi connectivity index (χ4n) is 2.19. The summed E-state index contributed by atoms with van der Waals surface area (Å²) in [6.45, 7) is 0. The van der Waals surface area contributed by atoms with Crippen molar-refractivity contribution in [3.63, 3.8) is 0 Å². The monoisotopic (exact) mass is 343 g/mol. The Hall–Kier alpha value is -2.31. The molecule has 2 aromatic rings. The van der Waals surface area contributed by atoms with Crippen LogP contribution in [0, 0.1) is 0 Å². The standard InChI is InChI=1S/C17H13NO3S2/c1-21-14-7-5-12(6-8-14)18-16(20)15(23-17(18)22)10-11-3-2-4-13(19)9-11/h2-10,19H,1H3. The molecule has 0 aliphatic carbocycles. The fraction of sp³-hybridized carbons (Fsp3) is 0.0588. The molecule has 6 heteroatoms. The number of methoxy groups -OCH3 is 1. The van der Waals surface area contributed by atoms with Gasteiger partial charge in [0.2, 0.25) is 0 Å². The minimum absolute atomic E-state index is 0.157. The zero-order valence-electron chi connectivity index (χ0n) is 12.2. The second kappa shape index (κ2) is 6.44. The number of thiocarbonyl (C=S) groups is 1. The number of aromatic hydroxyl groups is 1. The average Bonchev–Trinajstić information content (AvgIpc) is 2.81. The van der Waals surface area contributed by atoms with Crippen molar-refractivity contribution >= 4 is 46.0 Å². The van der Waals surface area contributed by atoms with Crippen molar-refractivity contribution in [2.75, 3.05) is 12.0 Å². The summed E-state index contributed by atoms with van der Waals surface area (Å²) in [4.78, 5) is 14.6. The molecule has 0 atom stereocenters. The Balaban J connectivity index is 1.90. The second-order valence-corrected chi connectivity index (χ2v) is 6.49. The molecular formula is C17H13NO3S2. The molecule has 2 aromatic carbocycles. The lowest BCUT2D eigenvalue weighted by molar-refractivity contribution is -0.113. The molecule has 4 nitrogen and oxygen atoms in total. The van der Waals surface area contributed by atoms with E-state index in [1.54, 1.807) is 55.7 Å². The number of hydrogen-bond donors (Lipinski definition) is 1. The molecule has 23 heavy (non-hydrogen) atoms. The van der Waals surface area contributed by atoms with E-state index in [9.17, 15) is 9.90 Å². The maximum atomic E-state index is 12.6. The summed E-state index contributed by atoms with van der Waals surface area (Å²) in [5.74, 6) is 0.701. The van der Waals surface area contributed by atoms with Gasteiger partial charge >= 0.3 is 0 Å². The number of phenolic OH excluding ortho intramolecular Hbond substituents is 1. The first kappa shape index (κ1) is 15.6. The molecule has 1 saturated heterocycles. The molecule has 116 valence electrons. The highest BCUT2D eigenvalue weighted by Gasteiger charge is 2.33. The van der Waals surface area contributed by atoms with Gasteiger partial charge in [-0.25, -0.2) is 0 Å². The lowest BCUT2D eigenvalue weighted by Gasteiger charge is -2.14. The van der Waals surface area contributed by atoms with E-state index in [4.69, 9.17) is 17.0 Å². The largest absolute Gasteiger partial charge is 0.508 e. The van der Waals surface area contributed by atoms with Gasteiger partial charge in [-0.1, -0.05) is 36.1 Å². The molecule has 0 unspecified atom stereocenters. The molecule has 1 amide bonds. The lowest BCUT2D eigenvalue weighted by Crippen LogP contribution is -2.27. The van der Waals surface area contributed by atoms with Crippen molar-refractivity contribution in [1.29, 1.82) is 0 Å². The van der Waals surface area contributed by atoms with Gasteiger partial charge in [0.25, 0.3) is 5.91 Å². The first-order chi connectivity index (χ1) is 11.1. The zero-order valence-corrected chi connectivity index (χ0v) is 13.9. The van der Waals surface area contributed by atoms with Crippen LogP contribution in [0.5, 0.6) is 11.5 Å². The van der Waals surface area contributed by atoms with Gasteiger partial charge in [0.1, 0.15) is 11.5 Å². The van der Waals surface area contributed by atoms with Crippen LogP contribution in [0.3, 0.4) is 0 Å². The number of amides is 1. The SMILES string of the molecule is COc1ccc(N2C(=O)C(=Cc3cccc(O)c3)SC2=S)cc1. The Morgan fingerprint density at radius 3 is 2.61 bits per heavy atom. The minimum Gasteiger partial charge on any atom is -0.508 e. The topological polar surface area (TPSA) is 49.8 Å². The van der Waals surface area contributed by atoms with E-state index >= 15 is 0 Å². The van der Waals surface area contributed by atoms with E-state index in [2.05, 4.69) is 0 Å². The molecule has 0 saturated carbocycles. The van der Waals surface area contributed by atoms with Gasteiger partial charge in [-0.05, 0) is 48.0 Å². The highest BCUT2D eigenvalue weighted by molar-refractivity contribution is 8.27. The smallest absolute Gasteiger partial charge is 0.270 e. The molecule has 3 rings (SSSR count). The summed E-state index contributed by atoms with van der Waals surface area (Å²) < 4.78 is 5.60. The van der Waals surface area contributed by atoms with Crippen LogP contribution in [0.1, 0.15) is 5.56 Å². The molecule has 1 aliphatic heterocycles. The van der Waals surface area contributed by atoms with E-state index in [0.717, 1.165) is 11.3 Å². The third-order valence-corrected chi connectivity index (χ3v) is 4.59. The van der Waals surface area contributed by atoms with E-state index in [0.29, 0.717) is 14.9 Å². The average molecular weight is 343 g/mol. The highest BCUT2D eigenvalue weighted by Crippen LogP contribution is 2.36. The van der Waals surface area contributed by atoms with Crippen LogP contribution >= 0.6 is 24.0 Å². The quantitative estimate of drug-likeness (QED) is 0.678. The van der Waals surface area contributed by atoms with E-state index in [-0.39, 0.29) is 11.7 Å². The summed E-state index contributed by atoms with van der Waals surface area (Å²) in [5, 5.41) is 9.52. The van der Waals surface area contributed by atoms with Gasteiger partial charge in [0.05, 0.1) is 17.7 Å². The van der Waals surface area contributed by atoms with Crippen molar-refractivity contribution in [3.05, 3.63) is 59.0 Å². The van der Waals surface area contributed by atoms with Crippen LogP contribution in [0.4, 0.5) is 5.69 Å². The van der Waals surface area contributed by atoms with Crippen LogP contribution in [0.2, 0.25) is 0 Å². The van der Waals surface area contributed by atoms with Crippen molar-refractivity contribution in [1.82, 2.24) is 0 Å². The van der Waals surface area contributed by atoms with Gasteiger partial charge in [0, 0.05) is 0 Å². The van der Waals surface area contributed by atoms with Crippen molar-refractivity contribution in [3.8, 4) is 11.5 Å². The number of nitrogens with zero attached hydrogens (tertiary/aromatic N) is 1. The van der Waals surface area contributed by atoms with Crippen LogP contribution in [0.15, 0.2) is 53.4 Å². The normalized spacial score (nSPS) is 16.2. The minimum atomic E-state index is -0.173. The summed E-state index contributed by atoms with van der Waals surface area (Å²) >= 11 is 6.57. The van der Waals surface area contributed by atoms with E-state index in [1.807, 2.05) is 6.07 Å². The molecular weight excluding hydrogens is 330 g/mol. The maximum Gasteiger partial charge on any atom is 0.270 e. The number of carbonyl (C=O) groups excluding carboxylic acids is 1. The van der Waals surface area contributed by atoms with Gasteiger partial charge in [-0.15, -0.1) is 0 Å². The van der Waals surface area contributed by atoms with Crippen LogP contribution in [-0.2, 0) is 4.79 Å². The summed E-state index contributed by atoms with van der Waals surface area (Å²) in [5.41, 5.74) is 1.45. The van der Waals surface area contributed by atoms with Crippen molar-refractivity contribution < 1.29 is 14.6 Å². The zero-order chi connectivity index (χ0) is 16.4. The first-order valence-corrected chi connectivity index (χ1v) is 8.02. The molecule has 0 aromatic heterocycles. The predicted molar refractivity (Wildman–Crippen MR) is 96.8 cm³/mol. The third kappa shape index (κ3) is 3.23. The number of thioether (sulfide) groups is 1. The highest BCUT2D eigenvalue weighted by atomic mass is 32.2. The summed E-state index contributed by atoms with van der Waals surface area (Å²) in [7, 11) is 1.59. The number of hydrogen-bond acceptors (Lipinski definition) is 5. The molecule has 0 spiro atoms. The third-order valence-electron chi connectivity index (χ3n) is 3.29. The van der Waals surface area contributed by atoms with Crippen LogP contribution in [0.25, 0.3) is 6.08 Å². The predicted octanol–water partition coefficient (Wildman–Crippen LogP) is 3.81. The molecule has 1 aliphatic rings. The Morgan fingerprint density at radius 2 is 1.96 bits per heavy atom. The number of anilines is 1. The van der Waals surface area contributed by atoms with Gasteiger partial charge in [-0.2, -0.15) is 0 Å². The van der Waals surface area contributed by atoms with Crippen molar-refractivity contribution in [2.45, 2.75) is 0 Å². The lowest BCUT2D eigenvalue weighted by atomic mass is 10.2. The van der Waals surface area contributed by atoms with Crippen LogP contribution in [-0.4, -0.2) is 22.4 Å². The Bertz CT molecular complexity index is 800. The summed E-state index contributed by atoms with van der Waals surface area (Å²) in [6, 6.07) is 13.9. The second-order valence-electron chi connectivity index (χ2n) is 4.81. The number of benzene rings is 2. The molecule has 1 N–H and O–H groups in total. The maximum absolute atomic E-state index is 12.6. The van der Waals surface area contributed by atoms with Crippen LogP contribution < -0.4 is 9.64 Å². The fourth-order valence-corrected chi connectivity index (χ4v) is 3.49. The molecule has 0 bridgehead atoms. The molecule has 1 fully saturated rings. The Morgan fingerprint density at radius 1 is 1.22 bits per heavy atom. The molecule has 1 heterocycles. The number of carbonyl (C=O) groups is 1. The molecule has 0 radical (unpaired) electrons.